The van der Waals surface area contributed by atoms with Gasteiger partial charge in [-0.25, -0.2) is 0 Å². The van der Waals surface area contributed by atoms with Gasteiger partial charge in [-0.05, 0) is 25.3 Å². The number of para-hydroxylation sites is 1. The number of ether oxygens (including phenoxy) is 3. The molecule has 1 spiro atoms. The molecule has 1 aromatic rings. The smallest absolute Gasteiger partial charge is 0.226 e. The molecule has 2 fully saturated rings. The molecule has 0 radical (unpaired) electrons. The lowest BCUT2D eigenvalue weighted by Crippen LogP contribution is -2.52. The minimum atomic E-state index is -0.324. The Hall–Kier alpha value is -1.59. The van der Waals surface area contributed by atoms with Gasteiger partial charge in [0, 0.05) is 38.0 Å². The summed E-state index contributed by atoms with van der Waals surface area (Å²) in [6.45, 7) is 2.67. The summed E-state index contributed by atoms with van der Waals surface area (Å²) in [7, 11) is 1.75. The Morgan fingerprint density at radius 2 is 2.04 bits per heavy atom. The van der Waals surface area contributed by atoms with Crippen LogP contribution in [0.3, 0.4) is 0 Å². The van der Waals surface area contributed by atoms with Crippen LogP contribution in [0.2, 0.25) is 0 Å². The molecule has 1 aromatic carbocycles. The molecule has 3 aliphatic rings. The van der Waals surface area contributed by atoms with E-state index in [2.05, 4.69) is 6.07 Å². The standard InChI is InChI=1S/C21H29NO4/c1-24-18-7-4-6-16(13-18)20(23)22-14-17-5-2-3-8-19(17)26-21(15-22)9-11-25-12-10-21/h2-3,5,8,16,18H,4,6-7,9-15H2,1H3/t16-,18-/m0/s1. The summed E-state index contributed by atoms with van der Waals surface area (Å²) in [6.07, 6.45) is 5.80. The monoisotopic (exact) mass is 359 g/mol. The molecular weight excluding hydrogens is 330 g/mol. The van der Waals surface area contributed by atoms with Crippen molar-refractivity contribution in [3.8, 4) is 5.75 Å². The lowest BCUT2D eigenvalue weighted by molar-refractivity contribution is -0.143. The van der Waals surface area contributed by atoms with E-state index in [1.165, 1.54) is 0 Å². The zero-order valence-corrected chi connectivity index (χ0v) is 15.6. The highest BCUT2D eigenvalue weighted by Gasteiger charge is 2.42. The molecule has 1 amide bonds. The summed E-state index contributed by atoms with van der Waals surface area (Å²) in [6, 6.07) is 8.14. The summed E-state index contributed by atoms with van der Waals surface area (Å²) in [4.78, 5) is 15.4. The summed E-state index contributed by atoms with van der Waals surface area (Å²) >= 11 is 0. The zero-order chi connectivity index (χ0) is 18.0. The molecule has 0 unspecified atom stereocenters. The van der Waals surface area contributed by atoms with Gasteiger partial charge >= 0.3 is 0 Å². The molecule has 0 aromatic heterocycles. The number of fused-ring (bicyclic) bond motifs is 1. The average molecular weight is 359 g/mol. The lowest BCUT2D eigenvalue weighted by atomic mass is 9.85. The Morgan fingerprint density at radius 1 is 1.23 bits per heavy atom. The van der Waals surface area contributed by atoms with Crippen molar-refractivity contribution in [2.24, 2.45) is 5.92 Å². The van der Waals surface area contributed by atoms with Gasteiger partial charge in [0.05, 0.1) is 25.9 Å². The maximum Gasteiger partial charge on any atom is 0.226 e. The third-order valence-electron chi connectivity index (χ3n) is 6.16. The van der Waals surface area contributed by atoms with Gasteiger partial charge in [-0.3, -0.25) is 4.79 Å². The van der Waals surface area contributed by atoms with Crippen molar-refractivity contribution in [1.82, 2.24) is 4.90 Å². The highest BCUT2D eigenvalue weighted by molar-refractivity contribution is 5.79. The molecule has 2 atom stereocenters. The second-order valence-corrected chi connectivity index (χ2v) is 7.92. The van der Waals surface area contributed by atoms with Crippen LogP contribution in [0.4, 0.5) is 0 Å². The Labute approximate surface area is 155 Å². The zero-order valence-electron chi connectivity index (χ0n) is 15.6. The van der Waals surface area contributed by atoms with Crippen molar-refractivity contribution in [2.45, 2.75) is 56.8 Å². The van der Waals surface area contributed by atoms with E-state index >= 15 is 0 Å². The first kappa shape index (κ1) is 17.8. The fourth-order valence-electron chi connectivity index (χ4n) is 4.61. The number of methoxy groups -OCH3 is 1. The molecule has 142 valence electrons. The first-order chi connectivity index (χ1) is 12.7. The van der Waals surface area contributed by atoms with E-state index in [-0.39, 0.29) is 23.5 Å². The third-order valence-corrected chi connectivity index (χ3v) is 6.16. The molecule has 2 aliphatic heterocycles. The topological polar surface area (TPSA) is 48.0 Å². The highest BCUT2D eigenvalue weighted by Crippen LogP contribution is 2.36. The van der Waals surface area contributed by atoms with Crippen molar-refractivity contribution in [3.63, 3.8) is 0 Å². The summed E-state index contributed by atoms with van der Waals surface area (Å²) < 4.78 is 17.6. The predicted molar refractivity (Wildman–Crippen MR) is 98.0 cm³/mol. The molecule has 2 heterocycles. The van der Waals surface area contributed by atoms with Crippen LogP contribution < -0.4 is 4.74 Å². The van der Waals surface area contributed by atoms with Crippen molar-refractivity contribution >= 4 is 5.91 Å². The van der Waals surface area contributed by atoms with Crippen molar-refractivity contribution in [1.29, 1.82) is 0 Å². The number of nitrogens with zero attached hydrogens (tertiary/aromatic N) is 1. The summed E-state index contributed by atoms with van der Waals surface area (Å²) in [5.41, 5.74) is 0.777. The number of benzene rings is 1. The number of rotatable bonds is 2. The quantitative estimate of drug-likeness (QED) is 0.814. The van der Waals surface area contributed by atoms with Crippen molar-refractivity contribution < 1.29 is 19.0 Å². The van der Waals surface area contributed by atoms with Crippen LogP contribution in [0.5, 0.6) is 5.75 Å². The Kier molecular flexibility index (Phi) is 5.18. The normalized spacial score (nSPS) is 28.1. The number of hydrogen-bond donors (Lipinski definition) is 0. The first-order valence-electron chi connectivity index (χ1n) is 9.85. The third kappa shape index (κ3) is 3.60. The summed E-state index contributed by atoms with van der Waals surface area (Å²) in [5.74, 6) is 1.25. The van der Waals surface area contributed by atoms with Crippen molar-refractivity contribution in [3.05, 3.63) is 29.8 Å². The van der Waals surface area contributed by atoms with E-state index in [1.54, 1.807) is 7.11 Å². The van der Waals surface area contributed by atoms with Gasteiger partial charge in [-0.1, -0.05) is 24.6 Å². The van der Waals surface area contributed by atoms with Gasteiger partial charge in [0.2, 0.25) is 5.91 Å². The Bertz CT molecular complexity index is 641. The molecule has 5 nitrogen and oxygen atoms in total. The number of carbonyl (C=O) groups excluding carboxylic acids is 1. The molecule has 1 saturated heterocycles. The molecule has 5 heteroatoms. The van der Waals surface area contributed by atoms with Crippen LogP contribution in [0.1, 0.15) is 44.1 Å². The summed E-state index contributed by atoms with van der Waals surface area (Å²) in [5, 5.41) is 0. The molecule has 1 aliphatic carbocycles. The SMILES string of the molecule is CO[C@H]1CCC[C@H](C(=O)N2Cc3ccccc3OC3(CCOCC3)C2)C1. The maximum absolute atomic E-state index is 13.4. The Morgan fingerprint density at radius 3 is 2.85 bits per heavy atom. The van der Waals surface area contributed by atoms with Gasteiger partial charge in [0.25, 0.3) is 0 Å². The average Bonchev–Trinajstić information content (AvgIpc) is 2.84. The van der Waals surface area contributed by atoms with Crippen LogP contribution in [0.15, 0.2) is 24.3 Å². The van der Waals surface area contributed by atoms with Crippen molar-refractivity contribution in [2.75, 3.05) is 26.9 Å². The second-order valence-electron chi connectivity index (χ2n) is 7.92. The molecule has 4 rings (SSSR count). The highest BCUT2D eigenvalue weighted by atomic mass is 16.5. The van der Waals surface area contributed by atoms with E-state index in [4.69, 9.17) is 14.2 Å². The molecule has 0 N–H and O–H groups in total. The van der Waals surface area contributed by atoms with Gasteiger partial charge < -0.3 is 19.1 Å². The maximum atomic E-state index is 13.4. The second kappa shape index (κ2) is 7.57. The largest absolute Gasteiger partial charge is 0.485 e. The fourth-order valence-corrected chi connectivity index (χ4v) is 4.61. The molecular formula is C21H29NO4. The van der Waals surface area contributed by atoms with E-state index in [1.807, 2.05) is 23.1 Å². The van der Waals surface area contributed by atoms with Crippen LogP contribution in [0.25, 0.3) is 0 Å². The van der Waals surface area contributed by atoms with Crippen LogP contribution in [-0.4, -0.2) is 49.4 Å². The van der Waals surface area contributed by atoms with Gasteiger partial charge in [-0.15, -0.1) is 0 Å². The minimum Gasteiger partial charge on any atom is -0.485 e. The predicted octanol–water partition coefficient (Wildman–Crippen LogP) is 3.16. The number of amides is 1. The lowest BCUT2D eigenvalue weighted by Gasteiger charge is -2.40. The van der Waals surface area contributed by atoms with E-state index in [9.17, 15) is 4.79 Å². The van der Waals surface area contributed by atoms with Crippen LogP contribution in [0, 0.1) is 5.92 Å². The minimum absolute atomic E-state index is 0.0656. The van der Waals surface area contributed by atoms with E-state index < -0.39 is 0 Å². The number of carbonyl (C=O) groups is 1. The molecule has 26 heavy (non-hydrogen) atoms. The van der Waals surface area contributed by atoms with Gasteiger partial charge in [0.15, 0.2) is 0 Å². The van der Waals surface area contributed by atoms with Gasteiger partial charge in [0.1, 0.15) is 11.4 Å². The van der Waals surface area contributed by atoms with E-state index in [0.29, 0.717) is 26.3 Å². The Balaban J connectivity index is 1.59. The first-order valence-corrected chi connectivity index (χ1v) is 9.85. The van der Waals surface area contributed by atoms with Gasteiger partial charge in [-0.2, -0.15) is 0 Å². The van der Waals surface area contributed by atoms with Crippen LogP contribution >= 0.6 is 0 Å². The number of hydrogen-bond acceptors (Lipinski definition) is 4. The molecule has 1 saturated carbocycles. The fraction of sp³-hybridized carbons (Fsp3) is 0.667. The van der Waals surface area contributed by atoms with E-state index in [0.717, 1.165) is 49.8 Å². The molecule has 0 bridgehead atoms. The van der Waals surface area contributed by atoms with Crippen LogP contribution in [-0.2, 0) is 20.8 Å².